The Balaban J connectivity index is 1.62. The number of nitrogens with zero attached hydrogens (tertiary/aromatic N) is 2. The van der Waals surface area contributed by atoms with E-state index in [1.54, 1.807) is 7.11 Å². The Labute approximate surface area is 175 Å². The molecule has 0 saturated carbocycles. The Morgan fingerprint density at radius 3 is 2.79 bits per heavy atom. The van der Waals surface area contributed by atoms with E-state index in [1.165, 1.54) is 29.0 Å². The average molecular weight is 430 g/mol. The van der Waals surface area contributed by atoms with E-state index in [2.05, 4.69) is 16.4 Å². The van der Waals surface area contributed by atoms with Crippen molar-refractivity contribution in [2.45, 2.75) is 19.8 Å². The molecule has 0 fully saturated rings. The van der Waals surface area contributed by atoms with Gasteiger partial charge in [-0.25, -0.2) is 4.98 Å². The predicted octanol–water partition coefficient (Wildman–Crippen LogP) is 5.04. The normalized spacial score (nSPS) is 12.1. The highest BCUT2D eigenvalue weighted by Gasteiger charge is 2.24. The Bertz CT molecular complexity index is 1160. The van der Waals surface area contributed by atoms with Crippen LogP contribution in [0.3, 0.4) is 0 Å². The smallest absolute Gasteiger partial charge is 0.270 e. The second kappa shape index (κ2) is 7.46. The first-order valence-corrected chi connectivity index (χ1v) is 9.99. The van der Waals surface area contributed by atoms with Crippen LogP contribution in [0.5, 0.6) is 5.75 Å². The molecule has 0 saturated heterocycles. The number of rotatable bonds is 4. The van der Waals surface area contributed by atoms with Gasteiger partial charge in [0, 0.05) is 22.6 Å². The van der Waals surface area contributed by atoms with Gasteiger partial charge in [0.05, 0.1) is 28.3 Å². The van der Waals surface area contributed by atoms with Crippen molar-refractivity contribution in [2.75, 3.05) is 12.4 Å². The zero-order valence-electron chi connectivity index (χ0n) is 15.6. The van der Waals surface area contributed by atoms with Crippen LogP contribution in [0.1, 0.15) is 26.4 Å². The van der Waals surface area contributed by atoms with Gasteiger partial charge in [-0.3, -0.25) is 20.2 Å². The van der Waals surface area contributed by atoms with Gasteiger partial charge in [-0.1, -0.05) is 11.6 Å². The second-order valence-electron chi connectivity index (χ2n) is 6.65. The van der Waals surface area contributed by atoms with Gasteiger partial charge in [0.15, 0.2) is 5.13 Å². The van der Waals surface area contributed by atoms with E-state index in [-0.39, 0.29) is 16.3 Å². The summed E-state index contributed by atoms with van der Waals surface area (Å²) in [6.45, 7) is 1.99. The van der Waals surface area contributed by atoms with E-state index in [0.717, 1.165) is 46.4 Å². The number of fused-ring (bicyclic) bond motifs is 3. The maximum Gasteiger partial charge on any atom is 0.270 e. The average Bonchev–Trinajstić information content (AvgIpc) is 3.10. The highest BCUT2D eigenvalue weighted by atomic mass is 35.5. The van der Waals surface area contributed by atoms with E-state index < -0.39 is 10.8 Å². The van der Waals surface area contributed by atoms with Crippen molar-refractivity contribution >= 4 is 39.7 Å². The SMILES string of the molecule is COc1cc2c(cc1C)-c1nc(NC(=O)c3ccc([N+](=O)[O-])cc3Cl)sc1CC2. The summed E-state index contributed by atoms with van der Waals surface area (Å²) in [5.74, 6) is 0.394. The van der Waals surface area contributed by atoms with Gasteiger partial charge in [0.25, 0.3) is 11.6 Å². The number of ether oxygens (including phenoxy) is 1. The molecule has 1 amide bonds. The van der Waals surface area contributed by atoms with Gasteiger partial charge >= 0.3 is 0 Å². The molecule has 0 aliphatic heterocycles. The van der Waals surface area contributed by atoms with Gasteiger partial charge in [-0.2, -0.15) is 0 Å². The first-order valence-electron chi connectivity index (χ1n) is 8.80. The highest BCUT2D eigenvalue weighted by Crippen LogP contribution is 2.40. The van der Waals surface area contributed by atoms with E-state index in [4.69, 9.17) is 16.3 Å². The van der Waals surface area contributed by atoms with Gasteiger partial charge in [0.1, 0.15) is 5.75 Å². The molecule has 0 radical (unpaired) electrons. The number of hydrogen-bond acceptors (Lipinski definition) is 6. The molecule has 1 aromatic heterocycles. The number of amides is 1. The number of non-ortho nitro benzene ring substituents is 1. The van der Waals surface area contributed by atoms with Crippen LogP contribution in [0, 0.1) is 17.0 Å². The number of aromatic nitrogens is 1. The molecule has 4 rings (SSSR count). The molecule has 1 N–H and O–H groups in total. The molecule has 0 atom stereocenters. The zero-order valence-corrected chi connectivity index (χ0v) is 17.2. The molecule has 1 aliphatic rings. The first-order chi connectivity index (χ1) is 13.9. The molecule has 0 bridgehead atoms. The molecule has 29 heavy (non-hydrogen) atoms. The topological polar surface area (TPSA) is 94.4 Å². The number of nitro benzene ring substituents is 1. The van der Waals surface area contributed by atoms with Gasteiger partial charge < -0.3 is 4.74 Å². The number of aryl methyl sites for hydroxylation is 3. The van der Waals surface area contributed by atoms with Crippen LogP contribution in [0.2, 0.25) is 5.02 Å². The Morgan fingerprint density at radius 1 is 1.31 bits per heavy atom. The maximum atomic E-state index is 12.6. The van der Waals surface area contributed by atoms with Crippen LogP contribution in [-0.4, -0.2) is 22.9 Å². The number of thiazole rings is 1. The third kappa shape index (κ3) is 3.56. The lowest BCUT2D eigenvalue weighted by Gasteiger charge is -2.17. The molecular weight excluding hydrogens is 414 g/mol. The number of carbonyl (C=O) groups is 1. The lowest BCUT2D eigenvalue weighted by molar-refractivity contribution is -0.384. The van der Waals surface area contributed by atoms with Gasteiger partial charge in [-0.05, 0) is 49.1 Å². The third-order valence-electron chi connectivity index (χ3n) is 4.82. The van der Waals surface area contributed by atoms with Crippen molar-refractivity contribution in [3.63, 3.8) is 0 Å². The molecule has 9 heteroatoms. The number of carbonyl (C=O) groups excluding carboxylic acids is 1. The van der Waals surface area contributed by atoms with Crippen molar-refractivity contribution in [3.05, 3.63) is 67.0 Å². The van der Waals surface area contributed by atoms with Crippen molar-refractivity contribution in [2.24, 2.45) is 0 Å². The zero-order chi connectivity index (χ0) is 20.7. The van der Waals surface area contributed by atoms with Crippen molar-refractivity contribution < 1.29 is 14.5 Å². The predicted molar refractivity (Wildman–Crippen MR) is 112 cm³/mol. The number of halogens is 1. The van der Waals surface area contributed by atoms with E-state index in [9.17, 15) is 14.9 Å². The summed E-state index contributed by atoms with van der Waals surface area (Å²) < 4.78 is 5.41. The Hall–Kier alpha value is -2.97. The monoisotopic (exact) mass is 429 g/mol. The van der Waals surface area contributed by atoms with E-state index in [0.29, 0.717) is 5.13 Å². The molecule has 0 unspecified atom stereocenters. The fourth-order valence-electron chi connectivity index (χ4n) is 3.38. The Kier molecular flexibility index (Phi) is 4.97. The van der Waals surface area contributed by atoms with Gasteiger partial charge in [-0.15, -0.1) is 11.3 Å². The first kappa shape index (κ1) is 19.4. The van der Waals surface area contributed by atoms with Crippen LogP contribution < -0.4 is 10.1 Å². The van der Waals surface area contributed by atoms with Crippen LogP contribution >= 0.6 is 22.9 Å². The largest absolute Gasteiger partial charge is 0.496 e. The van der Waals surface area contributed by atoms with Crippen LogP contribution in [0.4, 0.5) is 10.8 Å². The standard InChI is InChI=1S/C20H16ClN3O4S/c1-10-7-14-11(8-16(10)28-2)3-6-17-18(14)22-20(29-17)23-19(25)13-5-4-12(24(26)27)9-15(13)21/h4-5,7-9H,3,6H2,1-2H3,(H,22,23,25). The lowest BCUT2D eigenvalue weighted by Crippen LogP contribution is -2.12. The molecule has 1 heterocycles. The third-order valence-corrected chi connectivity index (χ3v) is 6.17. The van der Waals surface area contributed by atoms with E-state index in [1.807, 2.05) is 13.0 Å². The maximum absolute atomic E-state index is 12.6. The second-order valence-corrected chi connectivity index (χ2v) is 8.14. The number of methoxy groups -OCH3 is 1. The van der Waals surface area contributed by atoms with Gasteiger partial charge in [0.2, 0.25) is 0 Å². The quantitative estimate of drug-likeness (QED) is 0.463. The minimum Gasteiger partial charge on any atom is -0.496 e. The van der Waals surface area contributed by atoms with Crippen LogP contribution in [0.25, 0.3) is 11.3 Å². The summed E-state index contributed by atoms with van der Waals surface area (Å²) in [6.07, 6.45) is 1.71. The summed E-state index contributed by atoms with van der Waals surface area (Å²) in [5, 5.41) is 14.1. The summed E-state index contributed by atoms with van der Waals surface area (Å²) >= 11 is 7.48. The molecule has 7 nitrogen and oxygen atoms in total. The summed E-state index contributed by atoms with van der Waals surface area (Å²) in [6, 6.07) is 7.86. The van der Waals surface area contributed by atoms with E-state index >= 15 is 0 Å². The fraction of sp³-hybridized carbons (Fsp3) is 0.200. The summed E-state index contributed by atoms with van der Waals surface area (Å²) in [7, 11) is 1.66. The van der Waals surface area contributed by atoms with Crippen molar-refractivity contribution in [1.29, 1.82) is 0 Å². The molecule has 2 aromatic carbocycles. The molecule has 148 valence electrons. The fourth-order valence-corrected chi connectivity index (χ4v) is 4.61. The minimum atomic E-state index is -0.559. The van der Waals surface area contributed by atoms with Crippen molar-refractivity contribution in [1.82, 2.24) is 4.98 Å². The van der Waals surface area contributed by atoms with Crippen LogP contribution in [-0.2, 0) is 12.8 Å². The van der Waals surface area contributed by atoms with Crippen molar-refractivity contribution in [3.8, 4) is 17.0 Å². The lowest BCUT2D eigenvalue weighted by atomic mass is 9.91. The number of nitrogens with one attached hydrogen (secondary N) is 1. The number of hydrogen-bond donors (Lipinski definition) is 1. The Morgan fingerprint density at radius 2 is 2.10 bits per heavy atom. The highest BCUT2D eigenvalue weighted by molar-refractivity contribution is 7.16. The molecule has 1 aliphatic carbocycles. The number of nitro groups is 1. The molecule has 0 spiro atoms. The number of anilines is 1. The van der Waals surface area contributed by atoms with Crippen LogP contribution in [0.15, 0.2) is 30.3 Å². The molecular formula is C20H16ClN3O4S. The molecule has 3 aromatic rings. The minimum absolute atomic E-state index is 0.0195. The summed E-state index contributed by atoms with van der Waals surface area (Å²) in [4.78, 5) is 28.6. The summed E-state index contributed by atoms with van der Waals surface area (Å²) in [5.41, 5.74) is 4.10. The number of benzene rings is 2.